The number of anilines is 3. The maximum atomic E-state index is 14.5. The molecule has 0 bridgehead atoms. The predicted molar refractivity (Wildman–Crippen MR) is 117 cm³/mol. The number of carbonyl (C=O) groups is 1. The molecule has 9 heteroatoms. The number of benzene rings is 1. The van der Waals surface area contributed by atoms with Gasteiger partial charge in [0.15, 0.2) is 0 Å². The molecule has 3 aromatic rings. The topological polar surface area (TPSA) is 78.3 Å². The summed E-state index contributed by atoms with van der Waals surface area (Å²) in [7, 11) is 1.78. The number of aryl methyl sites for hydroxylation is 1. The van der Waals surface area contributed by atoms with Gasteiger partial charge in [0.05, 0.1) is 11.2 Å². The summed E-state index contributed by atoms with van der Waals surface area (Å²) in [4.78, 5) is 21.6. The Hall–Kier alpha value is -3.20. The largest absolute Gasteiger partial charge is 0.368 e. The Bertz CT molecular complexity index is 1200. The molecule has 160 valence electrons. The zero-order chi connectivity index (χ0) is 21.2. The van der Waals surface area contributed by atoms with Gasteiger partial charge in [-0.15, -0.1) is 0 Å². The Balaban J connectivity index is 1.26. The lowest BCUT2D eigenvalue weighted by Gasteiger charge is -2.36. The number of halogens is 1. The zero-order valence-corrected chi connectivity index (χ0v) is 17.4. The highest BCUT2D eigenvalue weighted by atomic mass is 19.1. The first kappa shape index (κ1) is 18.6. The van der Waals surface area contributed by atoms with Crippen molar-refractivity contribution < 1.29 is 9.18 Å². The predicted octanol–water partition coefficient (Wildman–Crippen LogP) is 2.64. The van der Waals surface area contributed by atoms with Gasteiger partial charge in [0.25, 0.3) is 0 Å². The molecule has 0 atom stereocenters. The lowest BCUT2D eigenvalue weighted by molar-refractivity contribution is 0.257. The number of aromatic nitrogens is 3. The van der Waals surface area contributed by atoms with Crippen molar-refractivity contribution in [1.29, 1.82) is 0 Å². The quantitative estimate of drug-likeness (QED) is 0.665. The molecule has 0 radical (unpaired) electrons. The number of fused-ring (bicyclic) bond motifs is 2. The molecule has 8 nitrogen and oxygen atoms in total. The number of hydrogen-bond acceptors (Lipinski definition) is 5. The van der Waals surface area contributed by atoms with Crippen LogP contribution in [0, 0.1) is 5.82 Å². The maximum absolute atomic E-state index is 14.5. The molecule has 2 amide bonds. The number of nitrogens with one attached hydrogen (secondary N) is 2. The second-order valence-electron chi connectivity index (χ2n) is 8.79. The van der Waals surface area contributed by atoms with E-state index in [0.717, 1.165) is 42.7 Å². The highest BCUT2D eigenvalue weighted by Crippen LogP contribution is 2.41. The van der Waals surface area contributed by atoms with E-state index in [-0.39, 0.29) is 17.3 Å². The van der Waals surface area contributed by atoms with Crippen molar-refractivity contribution in [3.8, 4) is 0 Å². The smallest absolute Gasteiger partial charge is 0.327 e. The number of hydrogen-bond donors (Lipinski definition) is 2. The minimum atomic E-state index is -0.503. The molecule has 2 aromatic heterocycles. The monoisotopic (exact) mass is 421 g/mol. The van der Waals surface area contributed by atoms with Crippen molar-refractivity contribution >= 4 is 34.1 Å². The van der Waals surface area contributed by atoms with Gasteiger partial charge in [-0.3, -0.25) is 9.58 Å². The normalized spacial score (nSPS) is 19.2. The third-order valence-corrected chi connectivity index (χ3v) is 6.61. The van der Waals surface area contributed by atoms with E-state index < -0.39 is 5.82 Å². The van der Waals surface area contributed by atoms with Crippen LogP contribution in [0.5, 0.6) is 0 Å². The molecular formula is C22H24FN7O. The average Bonchev–Trinajstić information content (AvgIpc) is 3.18. The first-order valence-corrected chi connectivity index (χ1v) is 10.7. The first-order valence-electron chi connectivity index (χ1n) is 10.7. The maximum Gasteiger partial charge on any atom is 0.327 e. The van der Waals surface area contributed by atoms with Crippen LogP contribution >= 0.6 is 0 Å². The minimum absolute atomic E-state index is 0.146. The Kier molecular flexibility index (Phi) is 3.98. The van der Waals surface area contributed by atoms with Crippen molar-refractivity contribution in [3.05, 3.63) is 42.0 Å². The summed E-state index contributed by atoms with van der Waals surface area (Å²) >= 11 is 0. The summed E-state index contributed by atoms with van der Waals surface area (Å²) < 4.78 is 16.2. The van der Waals surface area contributed by atoms with Gasteiger partial charge in [0.2, 0.25) is 0 Å². The van der Waals surface area contributed by atoms with Crippen LogP contribution in [0.1, 0.15) is 18.4 Å². The van der Waals surface area contributed by atoms with Gasteiger partial charge in [-0.25, -0.2) is 14.2 Å². The van der Waals surface area contributed by atoms with Crippen LogP contribution in [0.4, 0.5) is 26.4 Å². The van der Waals surface area contributed by atoms with Crippen LogP contribution in [-0.4, -0.2) is 52.5 Å². The Morgan fingerprint density at radius 1 is 1.29 bits per heavy atom. The highest BCUT2D eigenvalue weighted by Gasteiger charge is 2.46. The SMILES string of the molecule is Cn1cc2cc(NC(=O)N3CCc4c(N5CCNC6(CC6)C5)ccnc43)c(F)cc2n1. The summed E-state index contributed by atoms with van der Waals surface area (Å²) in [5.74, 6) is 0.164. The van der Waals surface area contributed by atoms with Crippen molar-refractivity contribution in [2.24, 2.45) is 7.05 Å². The second kappa shape index (κ2) is 6.65. The highest BCUT2D eigenvalue weighted by molar-refractivity contribution is 6.04. The Morgan fingerprint density at radius 3 is 3.00 bits per heavy atom. The summed E-state index contributed by atoms with van der Waals surface area (Å²) in [5, 5.41) is 11.3. The van der Waals surface area contributed by atoms with E-state index in [0.29, 0.717) is 17.9 Å². The molecule has 1 aliphatic carbocycles. The van der Waals surface area contributed by atoms with Crippen molar-refractivity contribution in [1.82, 2.24) is 20.1 Å². The van der Waals surface area contributed by atoms with Gasteiger partial charge in [-0.1, -0.05) is 0 Å². The molecule has 6 rings (SSSR count). The summed E-state index contributed by atoms with van der Waals surface area (Å²) in [6.45, 7) is 3.43. The first-order chi connectivity index (χ1) is 15.0. The van der Waals surface area contributed by atoms with Gasteiger partial charge in [0.1, 0.15) is 11.6 Å². The van der Waals surface area contributed by atoms with E-state index in [2.05, 4.69) is 31.7 Å². The Labute approximate surface area is 179 Å². The van der Waals surface area contributed by atoms with Gasteiger partial charge < -0.3 is 15.5 Å². The number of pyridine rings is 1. The average molecular weight is 421 g/mol. The van der Waals surface area contributed by atoms with E-state index in [1.165, 1.54) is 18.9 Å². The lowest BCUT2D eigenvalue weighted by atomic mass is 10.1. The van der Waals surface area contributed by atoms with Crippen molar-refractivity contribution in [3.63, 3.8) is 0 Å². The number of carbonyl (C=O) groups excluding carboxylic acids is 1. The minimum Gasteiger partial charge on any atom is -0.368 e. The lowest BCUT2D eigenvalue weighted by Crippen LogP contribution is -2.52. The van der Waals surface area contributed by atoms with Crippen molar-refractivity contribution in [2.45, 2.75) is 24.8 Å². The van der Waals surface area contributed by atoms with E-state index in [4.69, 9.17) is 0 Å². The summed E-state index contributed by atoms with van der Waals surface area (Å²) in [5.41, 5.74) is 3.23. The zero-order valence-electron chi connectivity index (χ0n) is 17.4. The summed E-state index contributed by atoms with van der Waals surface area (Å²) in [6, 6.07) is 4.64. The van der Waals surface area contributed by atoms with Crippen LogP contribution in [0.15, 0.2) is 30.6 Å². The second-order valence-corrected chi connectivity index (χ2v) is 8.79. The Morgan fingerprint density at radius 2 is 2.16 bits per heavy atom. The van der Waals surface area contributed by atoms with E-state index in [1.807, 2.05) is 0 Å². The van der Waals surface area contributed by atoms with Crippen LogP contribution in [0.2, 0.25) is 0 Å². The molecule has 1 aromatic carbocycles. The van der Waals surface area contributed by atoms with Gasteiger partial charge in [-0.2, -0.15) is 5.10 Å². The van der Waals surface area contributed by atoms with Crippen LogP contribution in [-0.2, 0) is 13.5 Å². The standard InChI is InChI=1S/C22H24FN7O/c1-28-12-14-10-18(16(23)11-17(14)27-28)26-21(31)30-8-3-15-19(2-6-24-20(15)30)29-9-7-25-22(13-29)4-5-22/h2,6,10-12,25H,3-5,7-9,13H2,1H3,(H,26,31). The molecule has 1 saturated heterocycles. The van der Waals surface area contributed by atoms with Crippen LogP contribution < -0.4 is 20.4 Å². The third kappa shape index (κ3) is 3.11. The van der Waals surface area contributed by atoms with E-state index in [1.54, 1.807) is 35.1 Å². The molecule has 1 saturated carbocycles. The van der Waals surface area contributed by atoms with E-state index in [9.17, 15) is 9.18 Å². The molecular weight excluding hydrogens is 397 g/mol. The molecule has 3 aliphatic rings. The molecule has 2 N–H and O–H groups in total. The third-order valence-electron chi connectivity index (χ3n) is 6.61. The fraction of sp³-hybridized carbons (Fsp3) is 0.409. The number of nitrogens with zero attached hydrogens (tertiary/aromatic N) is 5. The number of piperazine rings is 1. The van der Waals surface area contributed by atoms with Crippen molar-refractivity contribution in [2.75, 3.05) is 41.3 Å². The molecule has 1 spiro atoms. The molecule has 2 aliphatic heterocycles. The van der Waals surface area contributed by atoms with Gasteiger partial charge in [-0.05, 0) is 31.4 Å². The number of rotatable bonds is 2. The molecule has 2 fully saturated rings. The van der Waals surface area contributed by atoms with Gasteiger partial charge >= 0.3 is 6.03 Å². The van der Waals surface area contributed by atoms with Crippen LogP contribution in [0.25, 0.3) is 10.9 Å². The molecule has 0 unspecified atom stereocenters. The molecule has 4 heterocycles. The van der Waals surface area contributed by atoms with E-state index >= 15 is 0 Å². The van der Waals surface area contributed by atoms with Crippen LogP contribution in [0.3, 0.4) is 0 Å². The molecule has 31 heavy (non-hydrogen) atoms. The van der Waals surface area contributed by atoms with Gasteiger partial charge in [0, 0.05) is 73.9 Å². The fourth-order valence-corrected chi connectivity index (χ4v) is 4.86. The fourth-order valence-electron chi connectivity index (χ4n) is 4.86. The summed E-state index contributed by atoms with van der Waals surface area (Å²) in [6.07, 6.45) is 6.75. The number of urea groups is 1. The number of amides is 2.